The highest BCUT2D eigenvalue weighted by Gasteiger charge is 2.23. The number of aromatic nitrogens is 1. The van der Waals surface area contributed by atoms with E-state index in [2.05, 4.69) is 4.74 Å². The summed E-state index contributed by atoms with van der Waals surface area (Å²) in [4.78, 5) is 15.9. The quantitative estimate of drug-likeness (QED) is 0.581. The molecule has 5 nitrogen and oxygen atoms in total. The van der Waals surface area contributed by atoms with Crippen LogP contribution in [0.25, 0.3) is 0 Å². The minimum Gasteiger partial charge on any atom is -0.493 e. The first-order chi connectivity index (χ1) is 13.2. The molecule has 0 N–H and O–H groups in total. The van der Waals surface area contributed by atoms with Gasteiger partial charge in [0.05, 0.1) is 25.2 Å². The molecule has 0 unspecified atom stereocenters. The van der Waals surface area contributed by atoms with Crippen LogP contribution in [0.2, 0.25) is 0 Å². The van der Waals surface area contributed by atoms with Crippen molar-refractivity contribution in [1.82, 2.24) is 4.98 Å². The Morgan fingerprint density at radius 3 is 2.93 bits per heavy atom. The molecule has 0 aliphatic heterocycles. The molecule has 0 radical (unpaired) electrons. The smallest absolute Gasteiger partial charge is 0.315 e. The van der Waals surface area contributed by atoms with E-state index in [1.54, 1.807) is 0 Å². The molecule has 0 amide bonds. The lowest BCUT2D eigenvalue weighted by atomic mass is 10.1. The normalized spacial score (nSPS) is 14.4. The number of oxazole rings is 1. The zero-order valence-corrected chi connectivity index (χ0v) is 16.8. The van der Waals surface area contributed by atoms with E-state index >= 15 is 0 Å². The van der Waals surface area contributed by atoms with Gasteiger partial charge in [-0.3, -0.25) is 4.79 Å². The Labute approximate surface area is 164 Å². The van der Waals surface area contributed by atoms with E-state index < -0.39 is 0 Å². The van der Waals surface area contributed by atoms with E-state index in [0.29, 0.717) is 18.3 Å². The molecule has 0 bridgehead atoms. The number of methoxy groups -OCH3 is 1. The number of benzene rings is 1. The second-order valence-electron chi connectivity index (χ2n) is 6.85. The number of ether oxygens (including phenoxy) is 2. The van der Waals surface area contributed by atoms with Crippen LogP contribution in [-0.2, 0) is 21.7 Å². The highest BCUT2D eigenvalue weighted by atomic mass is 32.2. The molecule has 1 fully saturated rings. The highest BCUT2D eigenvalue weighted by molar-refractivity contribution is 7.99. The topological polar surface area (TPSA) is 61.6 Å². The van der Waals surface area contributed by atoms with Crippen molar-refractivity contribution < 1.29 is 18.7 Å². The fourth-order valence-corrected chi connectivity index (χ4v) is 4.13. The van der Waals surface area contributed by atoms with Crippen LogP contribution in [0, 0.1) is 6.92 Å². The maximum Gasteiger partial charge on any atom is 0.315 e. The van der Waals surface area contributed by atoms with Crippen LogP contribution in [0.15, 0.2) is 28.7 Å². The second kappa shape index (κ2) is 9.83. The monoisotopic (exact) mass is 389 g/mol. The molecule has 27 heavy (non-hydrogen) atoms. The average Bonchev–Trinajstić information content (AvgIpc) is 3.32. The van der Waals surface area contributed by atoms with Gasteiger partial charge in [-0.15, -0.1) is 11.8 Å². The van der Waals surface area contributed by atoms with E-state index in [1.165, 1.54) is 44.6 Å². The summed E-state index contributed by atoms with van der Waals surface area (Å²) < 4.78 is 16.4. The maximum absolute atomic E-state index is 11.2. The number of thioether (sulfide) groups is 1. The van der Waals surface area contributed by atoms with Crippen molar-refractivity contribution in [2.75, 3.05) is 19.5 Å². The van der Waals surface area contributed by atoms with Crippen LogP contribution in [0.1, 0.15) is 54.5 Å². The van der Waals surface area contributed by atoms with E-state index in [9.17, 15) is 4.79 Å². The molecule has 146 valence electrons. The average molecular weight is 390 g/mol. The Morgan fingerprint density at radius 1 is 1.33 bits per heavy atom. The van der Waals surface area contributed by atoms with Gasteiger partial charge in [0.25, 0.3) is 0 Å². The first-order valence-corrected chi connectivity index (χ1v) is 10.6. The zero-order valence-electron chi connectivity index (χ0n) is 16.0. The van der Waals surface area contributed by atoms with E-state index in [1.807, 2.05) is 31.2 Å². The van der Waals surface area contributed by atoms with Gasteiger partial charge < -0.3 is 13.9 Å². The van der Waals surface area contributed by atoms with Gasteiger partial charge in [-0.2, -0.15) is 0 Å². The van der Waals surface area contributed by atoms with Gasteiger partial charge in [-0.1, -0.05) is 25.0 Å². The van der Waals surface area contributed by atoms with Gasteiger partial charge in [0.1, 0.15) is 11.5 Å². The molecule has 1 heterocycles. The first-order valence-electron chi connectivity index (χ1n) is 9.48. The molecular weight excluding hydrogens is 362 g/mol. The lowest BCUT2D eigenvalue weighted by Gasteiger charge is -2.07. The number of aryl methyl sites for hydroxylation is 1. The van der Waals surface area contributed by atoms with Crippen molar-refractivity contribution in [2.45, 2.75) is 50.7 Å². The van der Waals surface area contributed by atoms with Gasteiger partial charge in [0.15, 0.2) is 5.89 Å². The zero-order chi connectivity index (χ0) is 19.1. The molecule has 1 aliphatic rings. The van der Waals surface area contributed by atoms with E-state index in [0.717, 1.165) is 40.8 Å². The Hall–Kier alpha value is -1.95. The molecule has 1 aromatic carbocycles. The molecule has 6 heteroatoms. The summed E-state index contributed by atoms with van der Waals surface area (Å²) in [5, 5.41) is 0. The number of carbonyl (C=O) groups excluding carboxylic acids is 1. The van der Waals surface area contributed by atoms with Crippen molar-refractivity contribution in [3.63, 3.8) is 0 Å². The molecule has 2 aromatic rings. The molecule has 0 spiro atoms. The van der Waals surface area contributed by atoms with Gasteiger partial charge >= 0.3 is 5.97 Å². The molecule has 1 aromatic heterocycles. The fraction of sp³-hybridized carbons (Fsp3) is 0.524. The van der Waals surface area contributed by atoms with Gasteiger partial charge in [-0.25, -0.2) is 4.98 Å². The van der Waals surface area contributed by atoms with Crippen LogP contribution in [0.5, 0.6) is 5.75 Å². The fourth-order valence-electron chi connectivity index (χ4n) is 3.33. The standard InChI is InChI=1S/C21H27NO4S/c1-15-19(22-21(26-15)17-7-3-4-8-17)10-11-25-18-9-5-6-16(12-18)13-27-14-20(23)24-2/h5-6,9,12,17H,3-4,7-8,10-11,13-14H2,1-2H3. The third-order valence-electron chi connectivity index (χ3n) is 4.84. The first kappa shape index (κ1) is 19.8. The van der Waals surface area contributed by atoms with Crippen molar-refractivity contribution >= 4 is 17.7 Å². The minimum absolute atomic E-state index is 0.202. The lowest BCUT2D eigenvalue weighted by Crippen LogP contribution is -2.04. The SMILES string of the molecule is COC(=O)CSCc1cccc(OCCc2nc(C3CCCC3)oc2C)c1. The molecule has 0 atom stereocenters. The van der Waals surface area contributed by atoms with Crippen molar-refractivity contribution in [3.8, 4) is 5.75 Å². The van der Waals surface area contributed by atoms with Crippen LogP contribution >= 0.6 is 11.8 Å². The van der Waals surface area contributed by atoms with Gasteiger partial charge in [-0.05, 0) is 37.5 Å². The summed E-state index contributed by atoms with van der Waals surface area (Å²) in [6.07, 6.45) is 5.67. The van der Waals surface area contributed by atoms with E-state index in [-0.39, 0.29) is 5.97 Å². The number of nitrogens with zero attached hydrogens (tertiary/aromatic N) is 1. The minimum atomic E-state index is -0.202. The van der Waals surface area contributed by atoms with E-state index in [4.69, 9.17) is 14.1 Å². The third kappa shape index (κ3) is 5.76. The molecular formula is C21H27NO4S. The summed E-state index contributed by atoms with van der Waals surface area (Å²) in [6.45, 7) is 2.55. The Morgan fingerprint density at radius 2 is 2.15 bits per heavy atom. The Bertz CT molecular complexity index is 752. The number of hydrogen-bond acceptors (Lipinski definition) is 6. The molecule has 0 saturated heterocycles. The van der Waals surface area contributed by atoms with Crippen LogP contribution in [0.3, 0.4) is 0 Å². The summed E-state index contributed by atoms with van der Waals surface area (Å²) in [5.74, 6) is 4.06. The van der Waals surface area contributed by atoms with Crippen molar-refractivity contribution in [2.24, 2.45) is 0 Å². The summed E-state index contributed by atoms with van der Waals surface area (Å²) in [5.41, 5.74) is 2.13. The summed E-state index contributed by atoms with van der Waals surface area (Å²) >= 11 is 1.53. The predicted molar refractivity (Wildman–Crippen MR) is 106 cm³/mol. The van der Waals surface area contributed by atoms with Crippen molar-refractivity contribution in [1.29, 1.82) is 0 Å². The lowest BCUT2D eigenvalue weighted by molar-refractivity contribution is -0.137. The number of hydrogen-bond donors (Lipinski definition) is 0. The molecule has 1 aliphatic carbocycles. The molecule has 3 rings (SSSR count). The van der Waals surface area contributed by atoms with Crippen molar-refractivity contribution in [3.05, 3.63) is 47.2 Å². The van der Waals surface area contributed by atoms with Crippen LogP contribution in [-0.4, -0.2) is 30.4 Å². The van der Waals surface area contributed by atoms with Gasteiger partial charge in [0.2, 0.25) is 0 Å². The Balaban J connectivity index is 1.47. The number of rotatable bonds is 9. The third-order valence-corrected chi connectivity index (χ3v) is 5.81. The Kier molecular flexibility index (Phi) is 7.21. The summed E-state index contributed by atoms with van der Waals surface area (Å²) in [7, 11) is 1.41. The second-order valence-corrected chi connectivity index (χ2v) is 7.84. The number of carbonyl (C=O) groups is 1. The predicted octanol–water partition coefficient (Wildman–Crippen LogP) is 4.67. The largest absolute Gasteiger partial charge is 0.493 e. The highest BCUT2D eigenvalue weighted by Crippen LogP contribution is 2.34. The summed E-state index contributed by atoms with van der Waals surface area (Å²) in [6, 6.07) is 7.98. The van der Waals surface area contributed by atoms with Crippen LogP contribution in [0.4, 0.5) is 0 Å². The number of esters is 1. The van der Waals surface area contributed by atoms with Gasteiger partial charge in [0, 0.05) is 18.1 Å². The maximum atomic E-state index is 11.2. The molecule has 1 saturated carbocycles. The van der Waals surface area contributed by atoms with Crippen LogP contribution < -0.4 is 4.74 Å².